The molecule has 0 fully saturated rings. The first-order valence-electron chi connectivity index (χ1n) is 6.83. The van der Waals surface area contributed by atoms with Crippen LogP contribution < -0.4 is 11.1 Å². The minimum atomic E-state index is -0.385. The zero-order valence-electron chi connectivity index (χ0n) is 11.9. The summed E-state index contributed by atoms with van der Waals surface area (Å²) in [4.78, 5) is 11.1. The van der Waals surface area contributed by atoms with Gasteiger partial charge in [0.1, 0.15) is 0 Å². The van der Waals surface area contributed by atoms with Gasteiger partial charge in [-0.2, -0.15) is 0 Å². The first kappa shape index (κ1) is 14.1. The van der Waals surface area contributed by atoms with Crippen LogP contribution in [0, 0.1) is 6.92 Å². The summed E-state index contributed by atoms with van der Waals surface area (Å²) >= 11 is 0. The highest BCUT2D eigenvalue weighted by atomic mass is 16.1. The molecule has 1 amide bonds. The van der Waals surface area contributed by atoms with Crippen LogP contribution in [0.3, 0.4) is 0 Å². The summed E-state index contributed by atoms with van der Waals surface area (Å²) in [6.45, 7) is 4.88. The fraction of sp³-hybridized carbons (Fsp3) is 0.235. The van der Waals surface area contributed by atoms with Gasteiger partial charge in [0.15, 0.2) is 0 Å². The van der Waals surface area contributed by atoms with E-state index in [1.807, 2.05) is 25.1 Å². The molecule has 0 spiro atoms. The number of carbonyl (C=O) groups excluding carboxylic acids is 1. The van der Waals surface area contributed by atoms with Gasteiger partial charge in [0.2, 0.25) is 5.91 Å². The number of rotatable bonds is 5. The Labute approximate surface area is 119 Å². The molecular formula is C17H20N2O. The first-order valence-corrected chi connectivity index (χ1v) is 6.83. The Bertz CT molecular complexity index is 620. The highest BCUT2D eigenvalue weighted by Gasteiger charge is 2.05. The molecule has 0 radical (unpaired) electrons. The number of benzene rings is 2. The molecule has 0 aromatic heterocycles. The second kappa shape index (κ2) is 6.24. The van der Waals surface area contributed by atoms with Crippen molar-refractivity contribution in [2.75, 3.05) is 5.32 Å². The third-order valence-corrected chi connectivity index (χ3v) is 3.49. The normalized spacial score (nSPS) is 10.3. The molecular weight excluding hydrogens is 248 g/mol. The van der Waals surface area contributed by atoms with Gasteiger partial charge in [0.05, 0.1) is 0 Å². The van der Waals surface area contributed by atoms with Gasteiger partial charge in [-0.3, -0.25) is 4.79 Å². The maximum atomic E-state index is 11.1. The molecule has 3 N–H and O–H groups in total. The quantitative estimate of drug-likeness (QED) is 0.874. The molecule has 20 heavy (non-hydrogen) atoms. The largest absolute Gasteiger partial charge is 0.381 e. The topological polar surface area (TPSA) is 55.1 Å². The number of para-hydroxylation sites is 1. The number of nitrogens with two attached hydrogens (primary N) is 1. The van der Waals surface area contributed by atoms with Crippen LogP contribution in [0.5, 0.6) is 0 Å². The summed E-state index contributed by atoms with van der Waals surface area (Å²) < 4.78 is 0. The standard InChI is InChI=1S/C17H20N2O/c1-3-13-6-4-5-7-16(13)19-11-15-9-8-14(17(18)20)10-12(15)2/h4-10,19H,3,11H2,1-2H3,(H2,18,20). The van der Waals surface area contributed by atoms with Gasteiger partial charge in [0, 0.05) is 17.8 Å². The molecule has 0 unspecified atom stereocenters. The summed E-state index contributed by atoms with van der Waals surface area (Å²) in [5.74, 6) is -0.385. The monoisotopic (exact) mass is 268 g/mol. The van der Waals surface area contributed by atoms with E-state index in [4.69, 9.17) is 5.73 Å². The Balaban J connectivity index is 2.13. The molecule has 0 heterocycles. The number of hydrogen-bond acceptors (Lipinski definition) is 2. The average Bonchev–Trinajstić information content (AvgIpc) is 2.46. The van der Waals surface area contributed by atoms with Crippen LogP contribution in [0.25, 0.3) is 0 Å². The molecule has 0 bridgehead atoms. The molecule has 0 aliphatic heterocycles. The second-order valence-electron chi connectivity index (χ2n) is 4.87. The third-order valence-electron chi connectivity index (χ3n) is 3.49. The highest BCUT2D eigenvalue weighted by Crippen LogP contribution is 2.18. The predicted octanol–water partition coefficient (Wildman–Crippen LogP) is 3.27. The SMILES string of the molecule is CCc1ccccc1NCc1ccc(C(N)=O)cc1C. The number of anilines is 1. The van der Waals surface area contributed by atoms with E-state index < -0.39 is 0 Å². The zero-order valence-corrected chi connectivity index (χ0v) is 11.9. The number of nitrogens with one attached hydrogen (secondary N) is 1. The number of aryl methyl sites for hydroxylation is 2. The Morgan fingerprint density at radius 2 is 1.90 bits per heavy atom. The van der Waals surface area contributed by atoms with E-state index in [1.54, 1.807) is 6.07 Å². The van der Waals surface area contributed by atoms with Crippen molar-refractivity contribution in [1.29, 1.82) is 0 Å². The van der Waals surface area contributed by atoms with E-state index in [2.05, 4.69) is 30.4 Å². The maximum absolute atomic E-state index is 11.1. The zero-order chi connectivity index (χ0) is 14.5. The smallest absolute Gasteiger partial charge is 0.248 e. The molecule has 2 aromatic carbocycles. The van der Waals surface area contributed by atoms with Gasteiger partial charge in [-0.05, 0) is 48.2 Å². The van der Waals surface area contributed by atoms with Crippen LogP contribution in [0.4, 0.5) is 5.69 Å². The lowest BCUT2D eigenvalue weighted by atomic mass is 10.0. The first-order chi connectivity index (χ1) is 9.61. The van der Waals surface area contributed by atoms with E-state index in [1.165, 1.54) is 11.1 Å². The second-order valence-corrected chi connectivity index (χ2v) is 4.87. The van der Waals surface area contributed by atoms with Crippen molar-refractivity contribution >= 4 is 11.6 Å². The minimum Gasteiger partial charge on any atom is -0.381 e. The van der Waals surface area contributed by atoms with Crippen molar-refractivity contribution in [2.24, 2.45) is 5.73 Å². The van der Waals surface area contributed by atoms with Gasteiger partial charge in [-0.15, -0.1) is 0 Å². The highest BCUT2D eigenvalue weighted by molar-refractivity contribution is 5.93. The fourth-order valence-electron chi connectivity index (χ4n) is 2.24. The molecule has 3 heteroatoms. The molecule has 104 valence electrons. The number of carbonyl (C=O) groups is 1. The third kappa shape index (κ3) is 3.18. The van der Waals surface area contributed by atoms with Crippen LogP contribution in [0.1, 0.15) is 34.0 Å². The summed E-state index contributed by atoms with van der Waals surface area (Å²) in [5, 5.41) is 3.45. The maximum Gasteiger partial charge on any atom is 0.248 e. The molecule has 0 saturated carbocycles. The van der Waals surface area contributed by atoms with Gasteiger partial charge < -0.3 is 11.1 Å². The van der Waals surface area contributed by atoms with Crippen molar-refractivity contribution < 1.29 is 4.79 Å². The van der Waals surface area contributed by atoms with E-state index in [-0.39, 0.29) is 5.91 Å². The molecule has 0 aliphatic rings. The molecule has 0 saturated heterocycles. The number of primary amides is 1. The Hall–Kier alpha value is -2.29. The van der Waals surface area contributed by atoms with E-state index in [9.17, 15) is 4.79 Å². The summed E-state index contributed by atoms with van der Waals surface area (Å²) in [6, 6.07) is 13.9. The van der Waals surface area contributed by atoms with E-state index >= 15 is 0 Å². The van der Waals surface area contributed by atoms with Gasteiger partial charge in [-0.1, -0.05) is 31.2 Å². The Kier molecular flexibility index (Phi) is 4.41. The summed E-state index contributed by atoms with van der Waals surface area (Å²) in [6.07, 6.45) is 1.00. The average molecular weight is 268 g/mol. The van der Waals surface area contributed by atoms with Crippen molar-refractivity contribution in [1.82, 2.24) is 0 Å². The van der Waals surface area contributed by atoms with Crippen LogP contribution in [0.2, 0.25) is 0 Å². The van der Waals surface area contributed by atoms with Crippen molar-refractivity contribution in [3.63, 3.8) is 0 Å². The van der Waals surface area contributed by atoms with Crippen molar-refractivity contribution in [3.8, 4) is 0 Å². The molecule has 2 aromatic rings. The predicted molar refractivity (Wildman–Crippen MR) is 82.8 cm³/mol. The van der Waals surface area contributed by atoms with E-state index in [0.29, 0.717) is 5.56 Å². The molecule has 0 atom stereocenters. The van der Waals surface area contributed by atoms with Gasteiger partial charge >= 0.3 is 0 Å². The van der Waals surface area contributed by atoms with Crippen LogP contribution in [-0.4, -0.2) is 5.91 Å². The lowest BCUT2D eigenvalue weighted by Gasteiger charge is -2.13. The summed E-state index contributed by atoms with van der Waals surface area (Å²) in [5.41, 5.74) is 10.5. The van der Waals surface area contributed by atoms with Crippen LogP contribution in [0.15, 0.2) is 42.5 Å². The van der Waals surface area contributed by atoms with E-state index in [0.717, 1.165) is 24.2 Å². The lowest BCUT2D eigenvalue weighted by Crippen LogP contribution is -2.12. The molecule has 3 nitrogen and oxygen atoms in total. The van der Waals surface area contributed by atoms with Crippen LogP contribution in [-0.2, 0) is 13.0 Å². The molecule has 2 rings (SSSR count). The molecule has 0 aliphatic carbocycles. The summed E-state index contributed by atoms with van der Waals surface area (Å²) in [7, 11) is 0. The van der Waals surface area contributed by atoms with Crippen molar-refractivity contribution in [3.05, 3.63) is 64.7 Å². The van der Waals surface area contributed by atoms with Crippen molar-refractivity contribution in [2.45, 2.75) is 26.8 Å². The van der Waals surface area contributed by atoms with Crippen LogP contribution >= 0.6 is 0 Å². The minimum absolute atomic E-state index is 0.385. The number of amides is 1. The fourth-order valence-corrected chi connectivity index (χ4v) is 2.24. The Morgan fingerprint density at radius 1 is 1.15 bits per heavy atom. The lowest BCUT2D eigenvalue weighted by molar-refractivity contribution is 0.1000. The Morgan fingerprint density at radius 3 is 2.55 bits per heavy atom. The number of hydrogen-bond donors (Lipinski definition) is 2. The van der Waals surface area contributed by atoms with Gasteiger partial charge in [-0.25, -0.2) is 0 Å². The van der Waals surface area contributed by atoms with Gasteiger partial charge in [0.25, 0.3) is 0 Å².